The van der Waals surface area contributed by atoms with Crippen LogP contribution in [-0.2, 0) is 12.4 Å². The number of hydrogen-bond donors (Lipinski definition) is 0. The molecule has 0 saturated carbocycles. The van der Waals surface area contributed by atoms with Gasteiger partial charge in [-0.15, -0.1) is 22.9 Å². The fraction of sp³-hybridized carbons (Fsp3) is 0.471. The molecule has 1 aromatic carbocycles. The van der Waals surface area contributed by atoms with E-state index < -0.39 is 0 Å². The van der Waals surface area contributed by atoms with Crippen molar-refractivity contribution in [1.29, 1.82) is 0 Å². The molecule has 21 heavy (non-hydrogen) atoms. The van der Waals surface area contributed by atoms with Crippen molar-refractivity contribution in [3.05, 3.63) is 40.9 Å². The lowest BCUT2D eigenvalue weighted by Crippen LogP contribution is -2.22. The van der Waals surface area contributed by atoms with Crippen molar-refractivity contribution in [2.24, 2.45) is 5.41 Å². The van der Waals surface area contributed by atoms with E-state index in [2.05, 4.69) is 48.0 Å². The molecule has 0 bridgehead atoms. The lowest BCUT2D eigenvalue weighted by molar-refractivity contribution is 0.284. The van der Waals surface area contributed by atoms with Gasteiger partial charge in [-0.2, -0.15) is 0 Å². The van der Waals surface area contributed by atoms with Gasteiger partial charge in [-0.3, -0.25) is 4.90 Å². The van der Waals surface area contributed by atoms with Crippen LogP contribution >= 0.6 is 22.9 Å². The second-order valence-electron chi connectivity index (χ2n) is 6.60. The lowest BCUT2D eigenvalue weighted by atomic mass is 9.93. The predicted molar refractivity (Wildman–Crippen MR) is 90.8 cm³/mol. The molecule has 3 rings (SSSR count). The van der Waals surface area contributed by atoms with Gasteiger partial charge < -0.3 is 0 Å². The summed E-state index contributed by atoms with van der Waals surface area (Å²) >= 11 is 7.51. The number of hydrogen-bond acceptors (Lipinski definition) is 3. The molecule has 0 aliphatic carbocycles. The second kappa shape index (κ2) is 6.07. The summed E-state index contributed by atoms with van der Waals surface area (Å²) in [5, 5.41) is 3.10. The Hall–Kier alpha value is -0.900. The fourth-order valence-corrected chi connectivity index (χ4v) is 3.97. The van der Waals surface area contributed by atoms with Crippen molar-refractivity contribution in [3.8, 4) is 10.6 Å². The van der Waals surface area contributed by atoms with E-state index in [4.69, 9.17) is 11.6 Å². The highest BCUT2D eigenvalue weighted by atomic mass is 35.5. The molecule has 1 aliphatic rings. The van der Waals surface area contributed by atoms with Crippen LogP contribution in [0, 0.1) is 5.41 Å². The highest BCUT2D eigenvalue weighted by Gasteiger charge is 2.28. The third kappa shape index (κ3) is 3.65. The summed E-state index contributed by atoms with van der Waals surface area (Å²) in [4.78, 5) is 7.11. The highest BCUT2D eigenvalue weighted by Crippen LogP contribution is 2.30. The van der Waals surface area contributed by atoms with Gasteiger partial charge in [-0.1, -0.05) is 32.0 Å². The van der Waals surface area contributed by atoms with Crippen LogP contribution in [0.4, 0.5) is 0 Å². The third-order valence-electron chi connectivity index (χ3n) is 4.03. The molecule has 0 radical (unpaired) electrons. The molecule has 0 amide bonds. The van der Waals surface area contributed by atoms with E-state index >= 15 is 0 Å². The number of alkyl halides is 1. The zero-order valence-corrected chi connectivity index (χ0v) is 14.2. The molecular formula is C17H21ClN2S. The average Bonchev–Trinajstić information content (AvgIpc) is 3.06. The zero-order valence-electron chi connectivity index (χ0n) is 12.6. The van der Waals surface area contributed by atoms with Gasteiger partial charge >= 0.3 is 0 Å². The zero-order chi connectivity index (χ0) is 14.9. The first-order valence-corrected chi connectivity index (χ1v) is 8.79. The van der Waals surface area contributed by atoms with E-state index in [-0.39, 0.29) is 0 Å². The Labute approximate surface area is 135 Å². The van der Waals surface area contributed by atoms with E-state index in [0.717, 1.165) is 17.2 Å². The average molecular weight is 321 g/mol. The molecule has 112 valence electrons. The quantitative estimate of drug-likeness (QED) is 0.754. The lowest BCUT2D eigenvalue weighted by Gasteiger charge is -2.19. The van der Waals surface area contributed by atoms with Crippen molar-refractivity contribution in [2.75, 3.05) is 13.1 Å². The van der Waals surface area contributed by atoms with E-state index in [9.17, 15) is 0 Å². The minimum absolute atomic E-state index is 0.460. The SMILES string of the molecule is CC1(C)CCN(Cc2cccc(-c3nc(CCl)cs3)c2)C1. The molecule has 4 heteroatoms. The van der Waals surface area contributed by atoms with Crippen LogP contribution in [0.3, 0.4) is 0 Å². The molecule has 1 aromatic heterocycles. The Balaban J connectivity index is 1.74. The number of aromatic nitrogens is 1. The monoisotopic (exact) mass is 320 g/mol. The predicted octanol–water partition coefficient (Wildman–Crippen LogP) is 4.78. The van der Waals surface area contributed by atoms with Gasteiger partial charge in [0.2, 0.25) is 0 Å². The van der Waals surface area contributed by atoms with Gasteiger partial charge in [-0.05, 0) is 30.0 Å². The maximum absolute atomic E-state index is 5.84. The summed E-state index contributed by atoms with van der Waals surface area (Å²) in [6, 6.07) is 8.75. The van der Waals surface area contributed by atoms with Gasteiger partial charge in [0, 0.05) is 24.0 Å². The number of benzene rings is 1. The van der Waals surface area contributed by atoms with Gasteiger partial charge in [0.15, 0.2) is 0 Å². The highest BCUT2D eigenvalue weighted by molar-refractivity contribution is 7.13. The summed E-state index contributed by atoms with van der Waals surface area (Å²) in [6.07, 6.45) is 1.29. The molecule has 2 nitrogen and oxygen atoms in total. The first kappa shape index (κ1) is 15.0. The molecule has 0 spiro atoms. The summed E-state index contributed by atoms with van der Waals surface area (Å²) in [6.45, 7) is 8.13. The summed E-state index contributed by atoms with van der Waals surface area (Å²) in [5.41, 5.74) is 3.99. The van der Waals surface area contributed by atoms with Crippen molar-refractivity contribution in [2.45, 2.75) is 32.7 Å². The Morgan fingerprint density at radius 3 is 2.90 bits per heavy atom. The topological polar surface area (TPSA) is 16.1 Å². The Bertz CT molecular complexity index is 621. The number of thiazole rings is 1. The molecule has 2 heterocycles. The molecule has 1 fully saturated rings. The van der Waals surface area contributed by atoms with Gasteiger partial charge in [0.05, 0.1) is 11.6 Å². The number of nitrogens with zero attached hydrogens (tertiary/aromatic N) is 2. The number of likely N-dealkylation sites (tertiary alicyclic amines) is 1. The summed E-state index contributed by atoms with van der Waals surface area (Å²) in [7, 11) is 0. The van der Waals surface area contributed by atoms with Gasteiger partial charge in [0.1, 0.15) is 5.01 Å². The Morgan fingerprint density at radius 1 is 1.38 bits per heavy atom. The second-order valence-corrected chi connectivity index (χ2v) is 7.73. The molecule has 1 saturated heterocycles. The maximum Gasteiger partial charge on any atom is 0.123 e. The minimum Gasteiger partial charge on any atom is -0.299 e. The van der Waals surface area contributed by atoms with Crippen LogP contribution in [0.2, 0.25) is 0 Å². The van der Waals surface area contributed by atoms with Crippen LogP contribution in [0.25, 0.3) is 10.6 Å². The standard InChI is InChI=1S/C17H21ClN2S/c1-17(2)6-7-20(12-17)10-13-4-3-5-14(8-13)16-19-15(9-18)11-21-16/h3-5,8,11H,6-7,9-10,12H2,1-2H3. The first-order valence-electron chi connectivity index (χ1n) is 7.38. The van der Waals surface area contributed by atoms with Gasteiger partial charge in [-0.25, -0.2) is 4.98 Å². The molecule has 2 aromatic rings. The first-order chi connectivity index (χ1) is 10.1. The summed E-state index contributed by atoms with van der Waals surface area (Å²) in [5.74, 6) is 0.485. The van der Waals surface area contributed by atoms with Crippen LogP contribution in [0.1, 0.15) is 31.5 Å². The minimum atomic E-state index is 0.460. The van der Waals surface area contributed by atoms with E-state index in [1.165, 1.54) is 30.6 Å². The van der Waals surface area contributed by atoms with Gasteiger partial charge in [0.25, 0.3) is 0 Å². The van der Waals surface area contributed by atoms with E-state index in [1.807, 2.05) is 5.38 Å². The van der Waals surface area contributed by atoms with Crippen LogP contribution < -0.4 is 0 Å². The molecule has 1 aliphatic heterocycles. The normalized spacial score (nSPS) is 18.2. The van der Waals surface area contributed by atoms with Crippen LogP contribution in [0.5, 0.6) is 0 Å². The van der Waals surface area contributed by atoms with Crippen molar-refractivity contribution < 1.29 is 0 Å². The van der Waals surface area contributed by atoms with Crippen molar-refractivity contribution >= 4 is 22.9 Å². The van der Waals surface area contributed by atoms with E-state index in [0.29, 0.717) is 11.3 Å². The molecule has 0 N–H and O–H groups in total. The number of rotatable bonds is 4. The summed E-state index contributed by atoms with van der Waals surface area (Å²) < 4.78 is 0. The van der Waals surface area contributed by atoms with Crippen LogP contribution in [0.15, 0.2) is 29.6 Å². The number of halogens is 1. The Morgan fingerprint density at radius 2 is 2.24 bits per heavy atom. The molecule has 0 unspecified atom stereocenters. The Kier molecular flexibility index (Phi) is 4.34. The smallest absolute Gasteiger partial charge is 0.123 e. The third-order valence-corrected chi connectivity index (χ3v) is 5.24. The van der Waals surface area contributed by atoms with E-state index in [1.54, 1.807) is 11.3 Å². The van der Waals surface area contributed by atoms with Crippen molar-refractivity contribution in [3.63, 3.8) is 0 Å². The largest absolute Gasteiger partial charge is 0.299 e. The molecule has 0 atom stereocenters. The molecular weight excluding hydrogens is 300 g/mol. The maximum atomic E-state index is 5.84. The van der Waals surface area contributed by atoms with Crippen molar-refractivity contribution in [1.82, 2.24) is 9.88 Å². The fourth-order valence-electron chi connectivity index (χ4n) is 2.92. The van der Waals surface area contributed by atoms with Crippen LogP contribution in [-0.4, -0.2) is 23.0 Å².